The van der Waals surface area contributed by atoms with Gasteiger partial charge in [-0.25, -0.2) is 0 Å². The molecule has 0 radical (unpaired) electrons. The third-order valence-corrected chi connectivity index (χ3v) is 4.43. The van der Waals surface area contributed by atoms with Crippen molar-refractivity contribution in [2.24, 2.45) is 0 Å². The van der Waals surface area contributed by atoms with Crippen LogP contribution in [-0.4, -0.2) is 43.8 Å². The van der Waals surface area contributed by atoms with Gasteiger partial charge < -0.3 is 15.5 Å². The van der Waals surface area contributed by atoms with E-state index in [9.17, 15) is 14.4 Å². The molecule has 1 aliphatic heterocycles. The van der Waals surface area contributed by atoms with E-state index in [1.54, 1.807) is 24.3 Å². The summed E-state index contributed by atoms with van der Waals surface area (Å²) in [6.07, 6.45) is 0. The SMILES string of the molecule is CC(=O)Nc1ccc(C2=C(Nc3ccc(N(C)C)cc3)C(=O)N(C)C2=O)cc1. The molecule has 7 heteroatoms. The number of nitrogens with one attached hydrogen (secondary N) is 2. The van der Waals surface area contributed by atoms with E-state index in [-0.39, 0.29) is 23.4 Å². The molecule has 0 saturated carbocycles. The van der Waals surface area contributed by atoms with Crippen LogP contribution in [0.5, 0.6) is 0 Å². The topological polar surface area (TPSA) is 81.8 Å². The number of benzene rings is 2. The minimum Gasteiger partial charge on any atom is -0.378 e. The fraction of sp³-hybridized carbons (Fsp3) is 0.190. The van der Waals surface area contributed by atoms with E-state index < -0.39 is 0 Å². The maximum atomic E-state index is 12.7. The van der Waals surface area contributed by atoms with Crippen LogP contribution in [0.2, 0.25) is 0 Å². The molecule has 0 fully saturated rings. The Hall–Kier alpha value is -3.61. The number of amides is 3. The predicted octanol–water partition coefficient (Wildman–Crippen LogP) is 2.53. The largest absolute Gasteiger partial charge is 0.378 e. The molecule has 0 aliphatic carbocycles. The molecule has 2 N–H and O–H groups in total. The lowest BCUT2D eigenvalue weighted by Crippen LogP contribution is -2.27. The Morgan fingerprint density at radius 1 is 0.893 bits per heavy atom. The summed E-state index contributed by atoms with van der Waals surface area (Å²) in [7, 11) is 5.35. The van der Waals surface area contributed by atoms with E-state index in [2.05, 4.69) is 10.6 Å². The van der Waals surface area contributed by atoms with Crippen molar-refractivity contribution < 1.29 is 14.4 Å². The summed E-state index contributed by atoms with van der Waals surface area (Å²) in [5, 5.41) is 5.77. The molecule has 144 valence electrons. The quantitative estimate of drug-likeness (QED) is 0.782. The summed E-state index contributed by atoms with van der Waals surface area (Å²) in [5.41, 5.74) is 3.50. The van der Waals surface area contributed by atoms with Gasteiger partial charge in [0, 0.05) is 45.1 Å². The summed E-state index contributed by atoms with van der Waals surface area (Å²) in [6, 6.07) is 14.4. The second kappa shape index (κ2) is 7.56. The highest BCUT2D eigenvalue weighted by atomic mass is 16.2. The average Bonchev–Trinajstić information content (AvgIpc) is 2.86. The van der Waals surface area contributed by atoms with Crippen LogP contribution in [0.3, 0.4) is 0 Å². The van der Waals surface area contributed by atoms with Crippen molar-refractivity contribution in [3.8, 4) is 0 Å². The van der Waals surface area contributed by atoms with Gasteiger partial charge in [0.2, 0.25) is 5.91 Å². The third-order valence-electron chi connectivity index (χ3n) is 4.43. The first-order valence-corrected chi connectivity index (χ1v) is 8.77. The molecule has 1 heterocycles. The lowest BCUT2D eigenvalue weighted by Gasteiger charge is -2.14. The molecule has 0 atom stereocenters. The number of likely N-dealkylation sites (N-methyl/N-ethyl adjacent to an activating group) is 1. The Balaban J connectivity index is 1.96. The normalized spacial score (nSPS) is 13.8. The summed E-state index contributed by atoms with van der Waals surface area (Å²) >= 11 is 0. The molecule has 28 heavy (non-hydrogen) atoms. The van der Waals surface area contributed by atoms with Crippen LogP contribution >= 0.6 is 0 Å². The smallest absolute Gasteiger partial charge is 0.277 e. The zero-order valence-electron chi connectivity index (χ0n) is 16.2. The molecule has 2 aromatic rings. The number of carbonyl (C=O) groups is 3. The van der Waals surface area contributed by atoms with Gasteiger partial charge in [0.25, 0.3) is 11.8 Å². The average molecular weight is 378 g/mol. The van der Waals surface area contributed by atoms with Gasteiger partial charge in [0.05, 0.1) is 5.57 Å². The van der Waals surface area contributed by atoms with Crippen molar-refractivity contribution in [1.82, 2.24) is 4.90 Å². The number of carbonyl (C=O) groups excluding carboxylic acids is 3. The van der Waals surface area contributed by atoms with Crippen molar-refractivity contribution in [3.05, 3.63) is 59.8 Å². The Morgan fingerprint density at radius 3 is 2.00 bits per heavy atom. The highest BCUT2D eigenvalue weighted by Gasteiger charge is 2.36. The highest BCUT2D eigenvalue weighted by Crippen LogP contribution is 2.30. The highest BCUT2D eigenvalue weighted by molar-refractivity contribution is 6.36. The molecule has 3 amide bonds. The van der Waals surface area contributed by atoms with Crippen molar-refractivity contribution in [2.45, 2.75) is 6.92 Å². The van der Waals surface area contributed by atoms with Gasteiger partial charge in [0.1, 0.15) is 5.70 Å². The van der Waals surface area contributed by atoms with Gasteiger partial charge in [-0.2, -0.15) is 0 Å². The second-order valence-corrected chi connectivity index (χ2v) is 6.74. The van der Waals surface area contributed by atoms with Crippen LogP contribution < -0.4 is 15.5 Å². The van der Waals surface area contributed by atoms with E-state index >= 15 is 0 Å². The van der Waals surface area contributed by atoms with Gasteiger partial charge in [0.15, 0.2) is 0 Å². The molecule has 0 saturated heterocycles. The van der Waals surface area contributed by atoms with Gasteiger partial charge >= 0.3 is 0 Å². The van der Waals surface area contributed by atoms with Crippen LogP contribution in [-0.2, 0) is 14.4 Å². The van der Waals surface area contributed by atoms with E-state index in [1.807, 2.05) is 43.3 Å². The molecule has 1 aliphatic rings. The van der Waals surface area contributed by atoms with Crippen LogP contribution in [0.4, 0.5) is 17.1 Å². The van der Waals surface area contributed by atoms with Crippen molar-refractivity contribution >= 4 is 40.4 Å². The fourth-order valence-electron chi connectivity index (χ4n) is 2.94. The summed E-state index contributed by atoms with van der Waals surface area (Å²) in [6.45, 7) is 1.42. The fourth-order valence-corrected chi connectivity index (χ4v) is 2.94. The lowest BCUT2D eigenvalue weighted by atomic mass is 10.0. The number of nitrogens with zero attached hydrogens (tertiary/aromatic N) is 2. The molecule has 0 bridgehead atoms. The van der Waals surface area contributed by atoms with Crippen molar-refractivity contribution in [3.63, 3.8) is 0 Å². The maximum absolute atomic E-state index is 12.7. The molecular weight excluding hydrogens is 356 g/mol. The van der Waals surface area contributed by atoms with Crippen LogP contribution in [0.25, 0.3) is 5.57 Å². The van der Waals surface area contributed by atoms with Gasteiger partial charge in [-0.3, -0.25) is 19.3 Å². The molecule has 0 spiro atoms. The standard InChI is InChI=1S/C21H22N4O3/c1-13(26)22-15-7-5-14(6-8-15)18-19(21(28)25(4)20(18)27)23-16-9-11-17(12-10-16)24(2)3/h5-12,23H,1-4H3,(H,22,26). The van der Waals surface area contributed by atoms with Gasteiger partial charge in [-0.1, -0.05) is 12.1 Å². The monoisotopic (exact) mass is 378 g/mol. The first-order valence-electron chi connectivity index (χ1n) is 8.77. The zero-order chi connectivity index (χ0) is 20.4. The third kappa shape index (κ3) is 3.73. The molecule has 2 aromatic carbocycles. The van der Waals surface area contributed by atoms with E-state index in [4.69, 9.17) is 0 Å². The number of anilines is 3. The van der Waals surface area contributed by atoms with Crippen LogP contribution in [0, 0.1) is 0 Å². The Labute approximate surface area is 163 Å². The molecule has 7 nitrogen and oxygen atoms in total. The summed E-state index contributed by atoms with van der Waals surface area (Å²) in [5.74, 6) is -0.936. The number of hydrogen-bond acceptors (Lipinski definition) is 5. The molecule has 0 unspecified atom stereocenters. The first-order chi connectivity index (χ1) is 13.3. The first kappa shape index (κ1) is 19.2. The minimum absolute atomic E-state index is 0.178. The second-order valence-electron chi connectivity index (χ2n) is 6.74. The van der Waals surface area contributed by atoms with Crippen LogP contribution in [0.15, 0.2) is 54.2 Å². The van der Waals surface area contributed by atoms with E-state index in [0.717, 1.165) is 10.6 Å². The minimum atomic E-state index is -0.386. The van der Waals surface area contributed by atoms with E-state index in [0.29, 0.717) is 22.5 Å². The summed E-state index contributed by atoms with van der Waals surface area (Å²) in [4.78, 5) is 39.5. The molecular formula is C21H22N4O3. The predicted molar refractivity (Wildman–Crippen MR) is 110 cm³/mol. The number of rotatable bonds is 5. The van der Waals surface area contributed by atoms with E-state index in [1.165, 1.54) is 14.0 Å². The summed E-state index contributed by atoms with van der Waals surface area (Å²) < 4.78 is 0. The number of hydrogen-bond donors (Lipinski definition) is 2. The van der Waals surface area contributed by atoms with Crippen molar-refractivity contribution in [2.75, 3.05) is 36.7 Å². The van der Waals surface area contributed by atoms with Gasteiger partial charge in [-0.05, 0) is 42.0 Å². The maximum Gasteiger partial charge on any atom is 0.277 e. The number of imide groups is 1. The Kier molecular flexibility index (Phi) is 5.17. The molecule has 3 rings (SSSR count). The molecule has 0 aromatic heterocycles. The Bertz CT molecular complexity index is 960. The van der Waals surface area contributed by atoms with Crippen molar-refractivity contribution in [1.29, 1.82) is 0 Å². The Morgan fingerprint density at radius 2 is 1.46 bits per heavy atom. The van der Waals surface area contributed by atoms with Gasteiger partial charge in [-0.15, -0.1) is 0 Å². The van der Waals surface area contributed by atoms with Crippen LogP contribution in [0.1, 0.15) is 12.5 Å². The zero-order valence-corrected chi connectivity index (χ0v) is 16.2. The lowest BCUT2D eigenvalue weighted by molar-refractivity contribution is -0.135.